The molecule has 0 heterocycles. The molecular weight excluding hydrogens is 148 g/mol. The summed E-state index contributed by atoms with van der Waals surface area (Å²) >= 11 is 0. The van der Waals surface area contributed by atoms with Gasteiger partial charge < -0.3 is 0 Å². The van der Waals surface area contributed by atoms with Gasteiger partial charge >= 0.3 is 0 Å². The van der Waals surface area contributed by atoms with Gasteiger partial charge in [-0.25, -0.2) is 0 Å². The van der Waals surface area contributed by atoms with Crippen LogP contribution in [0.1, 0.15) is 13.8 Å². The second-order valence-corrected chi connectivity index (χ2v) is 2.34. The van der Waals surface area contributed by atoms with Crippen LogP contribution < -0.4 is 0 Å². The maximum atomic E-state index is 10.6. The summed E-state index contributed by atoms with van der Waals surface area (Å²) in [5, 5.41) is 0. The van der Waals surface area contributed by atoms with E-state index >= 15 is 0 Å². The van der Waals surface area contributed by atoms with Gasteiger partial charge in [-0.3, -0.25) is 4.79 Å². The summed E-state index contributed by atoms with van der Waals surface area (Å²) in [5.74, 6) is 0.0447. The lowest BCUT2D eigenvalue weighted by molar-refractivity contribution is -0.112. The first-order valence-electron chi connectivity index (χ1n) is 3.84. The predicted molar refractivity (Wildman–Crippen MR) is 52.9 cm³/mol. The van der Waals surface area contributed by atoms with E-state index in [-0.39, 0.29) is 5.78 Å². The summed E-state index contributed by atoms with van der Waals surface area (Å²) in [7, 11) is 0. The topological polar surface area (TPSA) is 17.1 Å². The van der Waals surface area contributed by atoms with E-state index in [9.17, 15) is 4.79 Å². The molecule has 0 aliphatic rings. The lowest BCUT2D eigenvalue weighted by atomic mass is 10.2. The Morgan fingerprint density at radius 3 is 2.42 bits per heavy atom. The van der Waals surface area contributed by atoms with E-state index in [1.54, 1.807) is 12.2 Å². The smallest absolute Gasteiger partial charge is 0.152 e. The zero-order chi connectivity index (χ0) is 9.40. The predicted octanol–water partition coefficient (Wildman–Crippen LogP) is 2.82. The monoisotopic (exact) mass is 162 g/mol. The van der Waals surface area contributed by atoms with Crippen LogP contribution in [-0.2, 0) is 4.79 Å². The molecule has 1 nitrogen and oxygen atoms in total. The van der Waals surface area contributed by atoms with Crippen LogP contribution in [0.25, 0.3) is 0 Å². The summed E-state index contributed by atoms with van der Waals surface area (Å²) in [6, 6.07) is 0. The van der Waals surface area contributed by atoms with E-state index in [4.69, 9.17) is 0 Å². The molecule has 0 unspecified atom stereocenters. The quantitative estimate of drug-likeness (QED) is 0.459. The molecule has 0 aromatic rings. The van der Waals surface area contributed by atoms with Gasteiger partial charge in [0.05, 0.1) is 0 Å². The maximum absolute atomic E-state index is 10.6. The van der Waals surface area contributed by atoms with Crippen LogP contribution in [0.3, 0.4) is 0 Å². The highest BCUT2D eigenvalue weighted by Crippen LogP contribution is 1.98. The Morgan fingerprint density at radius 1 is 1.33 bits per heavy atom. The number of carbonyl (C=O) groups excluding carboxylic acids is 1. The fraction of sp³-hybridized carbons (Fsp3) is 0.182. The number of ketones is 1. The average Bonchev–Trinajstić information content (AvgIpc) is 2.05. The van der Waals surface area contributed by atoms with E-state index in [0.29, 0.717) is 0 Å². The molecule has 1 heteroatoms. The van der Waals surface area contributed by atoms with Gasteiger partial charge in [0, 0.05) is 0 Å². The van der Waals surface area contributed by atoms with E-state index in [1.165, 1.54) is 13.0 Å². The Balaban J connectivity index is 4.36. The minimum Gasteiger partial charge on any atom is -0.295 e. The summed E-state index contributed by atoms with van der Waals surface area (Å²) in [6.07, 6.45) is 10.7. The van der Waals surface area contributed by atoms with Crippen molar-refractivity contribution < 1.29 is 4.79 Å². The van der Waals surface area contributed by atoms with Crippen molar-refractivity contribution >= 4 is 5.78 Å². The standard InChI is InChI=1S/C11H14O/c1-4-6-7-11(5-2)9-8-10(3)12/h4-9H,2H2,1,3H3/b6-4-,9-8+,11-7+. The molecule has 0 aliphatic carbocycles. The molecule has 0 N–H and O–H groups in total. The number of hydrogen-bond acceptors (Lipinski definition) is 1. The molecule has 0 fully saturated rings. The van der Waals surface area contributed by atoms with E-state index in [2.05, 4.69) is 6.58 Å². The Morgan fingerprint density at radius 2 is 2.00 bits per heavy atom. The van der Waals surface area contributed by atoms with Gasteiger partial charge in [0.15, 0.2) is 5.78 Å². The van der Waals surface area contributed by atoms with Gasteiger partial charge in [0.2, 0.25) is 0 Å². The van der Waals surface area contributed by atoms with Crippen molar-refractivity contribution in [3.8, 4) is 0 Å². The van der Waals surface area contributed by atoms with Crippen molar-refractivity contribution in [2.45, 2.75) is 13.8 Å². The Kier molecular flexibility index (Phi) is 5.62. The van der Waals surface area contributed by atoms with Crippen LogP contribution in [0.4, 0.5) is 0 Å². The molecule has 0 radical (unpaired) electrons. The lowest BCUT2D eigenvalue weighted by Gasteiger charge is -1.88. The number of hydrogen-bond donors (Lipinski definition) is 0. The highest BCUT2D eigenvalue weighted by molar-refractivity contribution is 5.87. The molecule has 0 bridgehead atoms. The molecule has 0 aliphatic heterocycles. The fourth-order valence-corrected chi connectivity index (χ4v) is 0.613. The molecule has 64 valence electrons. The Hall–Kier alpha value is -1.37. The molecule has 0 rings (SSSR count). The van der Waals surface area contributed by atoms with Crippen LogP contribution in [-0.4, -0.2) is 5.78 Å². The molecule has 0 aromatic heterocycles. The third kappa shape index (κ3) is 5.42. The van der Waals surface area contributed by atoms with Gasteiger partial charge in [0.1, 0.15) is 0 Å². The van der Waals surface area contributed by atoms with E-state index < -0.39 is 0 Å². The molecule has 0 saturated carbocycles. The third-order valence-electron chi connectivity index (χ3n) is 1.23. The normalized spacial score (nSPS) is 12.7. The second kappa shape index (κ2) is 6.35. The first-order valence-corrected chi connectivity index (χ1v) is 3.84. The molecule has 0 atom stereocenters. The largest absolute Gasteiger partial charge is 0.295 e. The molecule has 0 aromatic carbocycles. The minimum absolute atomic E-state index is 0.0447. The summed E-state index contributed by atoms with van der Waals surface area (Å²) < 4.78 is 0. The van der Waals surface area contributed by atoms with Crippen LogP contribution in [0, 0.1) is 0 Å². The summed E-state index contributed by atoms with van der Waals surface area (Å²) in [5.41, 5.74) is 0.934. The van der Waals surface area contributed by atoms with E-state index in [0.717, 1.165) is 5.57 Å². The van der Waals surface area contributed by atoms with Crippen molar-refractivity contribution in [1.82, 2.24) is 0 Å². The van der Waals surface area contributed by atoms with Crippen molar-refractivity contribution in [2.75, 3.05) is 0 Å². The van der Waals surface area contributed by atoms with Crippen molar-refractivity contribution in [1.29, 1.82) is 0 Å². The van der Waals surface area contributed by atoms with Crippen molar-refractivity contribution in [2.24, 2.45) is 0 Å². The van der Waals surface area contributed by atoms with Gasteiger partial charge in [-0.05, 0) is 25.5 Å². The molecular formula is C11H14O. The minimum atomic E-state index is 0.0447. The average molecular weight is 162 g/mol. The SMILES string of the molecule is C=CC(/C=C/C(C)=O)=C\C=C/C. The number of allylic oxidation sites excluding steroid dienone is 7. The second-order valence-electron chi connectivity index (χ2n) is 2.34. The molecule has 0 spiro atoms. The molecule has 0 saturated heterocycles. The van der Waals surface area contributed by atoms with Gasteiger partial charge in [-0.15, -0.1) is 0 Å². The van der Waals surface area contributed by atoms with Crippen molar-refractivity contribution in [3.05, 3.63) is 48.6 Å². The Labute approximate surface area is 73.8 Å². The zero-order valence-corrected chi connectivity index (χ0v) is 7.58. The number of carbonyl (C=O) groups is 1. The lowest BCUT2D eigenvalue weighted by Crippen LogP contribution is -1.80. The highest BCUT2D eigenvalue weighted by atomic mass is 16.1. The molecule has 12 heavy (non-hydrogen) atoms. The molecule has 0 amide bonds. The van der Waals surface area contributed by atoms with Crippen LogP contribution in [0.15, 0.2) is 48.6 Å². The third-order valence-corrected chi connectivity index (χ3v) is 1.23. The maximum Gasteiger partial charge on any atom is 0.152 e. The van der Waals surface area contributed by atoms with Crippen LogP contribution in [0.2, 0.25) is 0 Å². The van der Waals surface area contributed by atoms with Crippen LogP contribution in [0.5, 0.6) is 0 Å². The summed E-state index contributed by atoms with van der Waals surface area (Å²) in [6.45, 7) is 7.08. The fourth-order valence-electron chi connectivity index (χ4n) is 0.613. The summed E-state index contributed by atoms with van der Waals surface area (Å²) in [4.78, 5) is 10.6. The van der Waals surface area contributed by atoms with Gasteiger partial charge in [-0.1, -0.05) is 37.0 Å². The zero-order valence-electron chi connectivity index (χ0n) is 7.58. The van der Waals surface area contributed by atoms with Crippen molar-refractivity contribution in [3.63, 3.8) is 0 Å². The number of rotatable bonds is 4. The Bertz CT molecular complexity index is 242. The first kappa shape index (κ1) is 10.6. The van der Waals surface area contributed by atoms with Gasteiger partial charge in [-0.2, -0.15) is 0 Å². The van der Waals surface area contributed by atoms with Crippen LogP contribution >= 0.6 is 0 Å². The van der Waals surface area contributed by atoms with Gasteiger partial charge in [0.25, 0.3) is 0 Å². The highest BCUT2D eigenvalue weighted by Gasteiger charge is 1.84. The van der Waals surface area contributed by atoms with E-state index in [1.807, 2.05) is 25.2 Å². The first-order chi connectivity index (χ1) is 5.70.